The molecule has 1 rings (SSSR count). The first-order valence-electron chi connectivity index (χ1n) is 3.86. The van der Waals surface area contributed by atoms with Crippen LogP contribution in [-0.2, 0) is 10.0 Å². The van der Waals surface area contributed by atoms with Crippen molar-refractivity contribution in [3.8, 4) is 0 Å². The van der Waals surface area contributed by atoms with Gasteiger partial charge in [-0.15, -0.1) is 0 Å². The lowest BCUT2D eigenvalue weighted by Crippen LogP contribution is -2.43. The van der Waals surface area contributed by atoms with Crippen molar-refractivity contribution in [1.29, 1.82) is 0 Å². The highest BCUT2D eigenvalue weighted by molar-refractivity contribution is 7.89. The molecule has 13 heavy (non-hydrogen) atoms. The van der Waals surface area contributed by atoms with Gasteiger partial charge in [-0.25, -0.2) is 12.7 Å². The standard InChI is InChI=1S/C6H10F3NO2S/c7-6(8,9)2-5-13(11,12)10-3-1-4-10/h1-5H2. The summed E-state index contributed by atoms with van der Waals surface area (Å²) < 4.78 is 58.3. The minimum absolute atomic E-state index is 0.361. The van der Waals surface area contributed by atoms with E-state index in [1.807, 2.05) is 0 Å². The van der Waals surface area contributed by atoms with E-state index in [9.17, 15) is 21.6 Å². The maximum absolute atomic E-state index is 11.7. The molecule has 78 valence electrons. The Bertz CT molecular complexity index is 268. The van der Waals surface area contributed by atoms with Gasteiger partial charge >= 0.3 is 6.18 Å². The van der Waals surface area contributed by atoms with Crippen molar-refractivity contribution in [2.75, 3.05) is 18.8 Å². The van der Waals surface area contributed by atoms with Gasteiger partial charge in [0.2, 0.25) is 10.0 Å². The zero-order chi connectivity index (χ0) is 10.1. The number of hydrogen-bond donors (Lipinski definition) is 0. The molecule has 0 radical (unpaired) electrons. The fourth-order valence-electron chi connectivity index (χ4n) is 0.939. The van der Waals surface area contributed by atoms with E-state index in [0.717, 1.165) is 10.7 Å². The lowest BCUT2D eigenvalue weighted by molar-refractivity contribution is -0.130. The molecule has 1 saturated heterocycles. The summed E-state index contributed by atoms with van der Waals surface area (Å²) >= 11 is 0. The molecule has 3 nitrogen and oxygen atoms in total. The van der Waals surface area contributed by atoms with Crippen LogP contribution in [0.2, 0.25) is 0 Å². The molecule has 1 aliphatic heterocycles. The van der Waals surface area contributed by atoms with Gasteiger partial charge in [-0.2, -0.15) is 13.2 Å². The first-order chi connectivity index (χ1) is 5.81. The summed E-state index contributed by atoms with van der Waals surface area (Å²) in [5.74, 6) is -0.823. The monoisotopic (exact) mass is 217 g/mol. The van der Waals surface area contributed by atoms with Gasteiger partial charge in [0.25, 0.3) is 0 Å². The Balaban J connectivity index is 2.43. The van der Waals surface area contributed by atoms with Crippen LogP contribution in [0.4, 0.5) is 13.2 Å². The molecular weight excluding hydrogens is 207 g/mol. The van der Waals surface area contributed by atoms with Crippen molar-refractivity contribution >= 4 is 10.0 Å². The summed E-state index contributed by atoms with van der Waals surface area (Å²) in [6.45, 7) is 0.723. The van der Waals surface area contributed by atoms with E-state index >= 15 is 0 Å². The molecule has 0 amide bonds. The second-order valence-electron chi connectivity index (χ2n) is 2.93. The van der Waals surface area contributed by atoms with Crippen LogP contribution in [0, 0.1) is 0 Å². The highest BCUT2D eigenvalue weighted by atomic mass is 32.2. The summed E-state index contributed by atoms with van der Waals surface area (Å²) in [5, 5.41) is 0. The van der Waals surface area contributed by atoms with Crippen molar-refractivity contribution < 1.29 is 21.6 Å². The van der Waals surface area contributed by atoms with Crippen LogP contribution in [0.1, 0.15) is 12.8 Å². The maximum atomic E-state index is 11.7. The Morgan fingerprint density at radius 1 is 1.23 bits per heavy atom. The van der Waals surface area contributed by atoms with Gasteiger partial charge < -0.3 is 0 Å². The fraction of sp³-hybridized carbons (Fsp3) is 1.00. The number of sulfonamides is 1. The molecule has 1 heterocycles. The van der Waals surface area contributed by atoms with Crippen LogP contribution >= 0.6 is 0 Å². The highest BCUT2D eigenvalue weighted by Crippen LogP contribution is 2.22. The summed E-state index contributed by atoms with van der Waals surface area (Å²) in [4.78, 5) is 0. The van der Waals surface area contributed by atoms with Crippen molar-refractivity contribution in [1.82, 2.24) is 4.31 Å². The van der Waals surface area contributed by atoms with E-state index in [2.05, 4.69) is 0 Å². The Morgan fingerprint density at radius 2 is 1.77 bits per heavy atom. The smallest absolute Gasteiger partial charge is 0.212 e. The first kappa shape index (κ1) is 10.8. The second-order valence-corrected chi connectivity index (χ2v) is 5.02. The van der Waals surface area contributed by atoms with E-state index in [1.54, 1.807) is 0 Å². The van der Waals surface area contributed by atoms with Crippen LogP contribution in [0.15, 0.2) is 0 Å². The van der Waals surface area contributed by atoms with Gasteiger partial charge in [-0.1, -0.05) is 0 Å². The normalized spacial score (nSPS) is 19.9. The number of rotatable bonds is 3. The van der Waals surface area contributed by atoms with Crippen LogP contribution in [-0.4, -0.2) is 37.7 Å². The predicted molar refractivity (Wildman–Crippen MR) is 40.6 cm³/mol. The van der Waals surface area contributed by atoms with Crippen LogP contribution in [0.3, 0.4) is 0 Å². The summed E-state index contributed by atoms with van der Waals surface area (Å²) in [6, 6.07) is 0. The molecule has 0 N–H and O–H groups in total. The van der Waals surface area contributed by atoms with Crippen molar-refractivity contribution in [3.05, 3.63) is 0 Å². The van der Waals surface area contributed by atoms with E-state index in [4.69, 9.17) is 0 Å². The molecule has 0 unspecified atom stereocenters. The number of alkyl halides is 3. The quantitative estimate of drug-likeness (QED) is 0.706. The van der Waals surface area contributed by atoms with Crippen LogP contribution in [0.5, 0.6) is 0 Å². The second kappa shape index (κ2) is 3.45. The summed E-state index contributed by atoms with van der Waals surface area (Å²) in [5.41, 5.74) is 0. The van der Waals surface area contributed by atoms with Crippen molar-refractivity contribution in [3.63, 3.8) is 0 Å². The molecule has 0 bridgehead atoms. The molecule has 7 heteroatoms. The van der Waals surface area contributed by atoms with Crippen molar-refractivity contribution in [2.45, 2.75) is 19.0 Å². The molecule has 0 spiro atoms. The lowest BCUT2D eigenvalue weighted by atomic mass is 10.3. The molecule has 0 aromatic carbocycles. The highest BCUT2D eigenvalue weighted by Gasteiger charge is 2.34. The Labute approximate surface area is 74.6 Å². The minimum Gasteiger partial charge on any atom is -0.212 e. The Hall–Kier alpha value is -0.300. The molecule has 0 aromatic rings. The maximum Gasteiger partial charge on any atom is 0.390 e. The third kappa shape index (κ3) is 3.15. The topological polar surface area (TPSA) is 37.4 Å². The van der Waals surface area contributed by atoms with E-state index in [1.165, 1.54) is 0 Å². The third-order valence-electron chi connectivity index (χ3n) is 1.85. The van der Waals surface area contributed by atoms with E-state index < -0.39 is 28.4 Å². The van der Waals surface area contributed by atoms with Crippen molar-refractivity contribution in [2.24, 2.45) is 0 Å². The molecular formula is C6H10F3NO2S. The Morgan fingerprint density at radius 3 is 2.08 bits per heavy atom. The average molecular weight is 217 g/mol. The molecule has 0 aromatic heterocycles. The number of hydrogen-bond acceptors (Lipinski definition) is 2. The largest absolute Gasteiger partial charge is 0.390 e. The van der Waals surface area contributed by atoms with Gasteiger partial charge in [0.05, 0.1) is 12.2 Å². The summed E-state index contributed by atoms with van der Waals surface area (Å²) in [6.07, 6.45) is -4.91. The number of halogens is 3. The molecule has 1 aliphatic rings. The first-order valence-corrected chi connectivity index (χ1v) is 5.47. The average Bonchev–Trinajstić information content (AvgIpc) is 1.77. The number of nitrogens with zero attached hydrogens (tertiary/aromatic N) is 1. The minimum atomic E-state index is -4.39. The predicted octanol–water partition coefficient (Wildman–Crippen LogP) is 0.974. The van der Waals surface area contributed by atoms with Crippen LogP contribution < -0.4 is 0 Å². The van der Waals surface area contributed by atoms with Gasteiger partial charge in [0, 0.05) is 13.1 Å². The molecule has 0 aliphatic carbocycles. The van der Waals surface area contributed by atoms with Gasteiger partial charge in [0.15, 0.2) is 0 Å². The van der Waals surface area contributed by atoms with E-state index in [0.29, 0.717) is 13.1 Å². The lowest BCUT2D eigenvalue weighted by Gasteiger charge is -2.29. The molecule has 0 saturated carbocycles. The molecule has 1 fully saturated rings. The van der Waals surface area contributed by atoms with Gasteiger partial charge in [0.1, 0.15) is 0 Å². The van der Waals surface area contributed by atoms with E-state index in [-0.39, 0.29) is 0 Å². The Kier molecular flexibility index (Phi) is 2.86. The van der Waals surface area contributed by atoms with Crippen LogP contribution in [0.25, 0.3) is 0 Å². The fourth-order valence-corrected chi connectivity index (χ4v) is 2.50. The molecule has 0 atom stereocenters. The SMILES string of the molecule is O=S(=O)(CCC(F)(F)F)N1CCC1. The third-order valence-corrected chi connectivity index (χ3v) is 3.72. The van der Waals surface area contributed by atoms with Gasteiger partial charge in [-0.3, -0.25) is 0 Å². The summed E-state index contributed by atoms with van der Waals surface area (Å²) in [7, 11) is -3.64. The zero-order valence-corrected chi connectivity index (χ0v) is 7.66. The van der Waals surface area contributed by atoms with Gasteiger partial charge in [-0.05, 0) is 6.42 Å². The zero-order valence-electron chi connectivity index (χ0n) is 6.84.